The Hall–Kier alpha value is -2.15. The van der Waals surface area contributed by atoms with Crippen molar-refractivity contribution in [3.05, 3.63) is 17.2 Å². The van der Waals surface area contributed by atoms with Crippen molar-refractivity contribution in [3.63, 3.8) is 0 Å². The number of ether oxygens (including phenoxy) is 2. The molecule has 1 N–H and O–H groups in total. The zero-order valence-corrected chi connectivity index (χ0v) is 14.1. The summed E-state index contributed by atoms with van der Waals surface area (Å²) < 4.78 is 10.4. The molecule has 7 nitrogen and oxygen atoms in total. The normalized spacial score (nSPS) is 14.4. The number of benzene rings is 1. The summed E-state index contributed by atoms with van der Waals surface area (Å²) in [6, 6.07) is 2.95. The van der Waals surface area contributed by atoms with E-state index in [0.29, 0.717) is 48.4 Å². The fourth-order valence-corrected chi connectivity index (χ4v) is 2.61. The van der Waals surface area contributed by atoms with Gasteiger partial charge in [-0.2, -0.15) is 0 Å². The molecule has 126 valence electrons. The Bertz CT molecular complexity index is 601. The molecular formula is C15H20ClN3O4. The summed E-state index contributed by atoms with van der Waals surface area (Å²) in [5.74, 6) is 0.921. The van der Waals surface area contributed by atoms with Crippen molar-refractivity contribution in [2.45, 2.75) is 6.92 Å². The summed E-state index contributed by atoms with van der Waals surface area (Å²) in [6.45, 7) is 3.56. The number of anilines is 1. The highest BCUT2D eigenvalue weighted by atomic mass is 35.5. The Balaban J connectivity index is 2.07. The van der Waals surface area contributed by atoms with Crippen LogP contribution >= 0.6 is 11.6 Å². The van der Waals surface area contributed by atoms with Gasteiger partial charge in [-0.3, -0.25) is 4.79 Å². The maximum atomic E-state index is 12.4. The van der Waals surface area contributed by atoms with Gasteiger partial charge in [-0.25, -0.2) is 4.79 Å². The van der Waals surface area contributed by atoms with Crippen LogP contribution in [0.1, 0.15) is 6.92 Å². The highest BCUT2D eigenvalue weighted by molar-refractivity contribution is 6.32. The predicted octanol–water partition coefficient (Wildman–Crippen LogP) is 2.05. The molecule has 3 amide bonds. The third kappa shape index (κ3) is 3.98. The number of rotatable bonds is 3. The maximum absolute atomic E-state index is 12.4. The van der Waals surface area contributed by atoms with Gasteiger partial charge in [0.1, 0.15) is 11.5 Å². The molecule has 0 bridgehead atoms. The molecular weight excluding hydrogens is 322 g/mol. The average molecular weight is 342 g/mol. The first-order valence-electron chi connectivity index (χ1n) is 7.19. The van der Waals surface area contributed by atoms with Crippen molar-refractivity contribution in [1.82, 2.24) is 9.80 Å². The predicted molar refractivity (Wildman–Crippen MR) is 87.4 cm³/mol. The van der Waals surface area contributed by atoms with Gasteiger partial charge in [0.05, 0.1) is 24.9 Å². The van der Waals surface area contributed by atoms with Crippen LogP contribution in [0.4, 0.5) is 10.5 Å². The number of hydrogen-bond donors (Lipinski definition) is 1. The lowest BCUT2D eigenvalue weighted by Gasteiger charge is -2.34. The van der Waals surface area contributed by atoms with Gasteiger partial charge in [-0.15, -0.1) is 0 Å². The topological polar surface area (TPSA) is 71.1 Å². The van der Waals surface area contributed by atoms with Crippen LogP contribution in [0, 0.1) is 0 Å². The molecule has 1 saturated heterocycles. The van der Waals surface area contributed by atoms with Crippen molar-refractivity contribution in [2.75, 3.05) is 45.7 Å². The van der Waals surface area contributed by atoms with Crippen LogP contribution in [-0.4, -0.2) is 62.1 Å². The molecule has 0 radical (unpaired) electrons. The molecule has 1 aliphatic rings. The lowest BCUT2D eigenvalue weighted by Crippen LogP contribution is -2.51. The summed E-state index contributed by atoms with van der Waals surface area (Å²) in [5.41, 5.74) is 0.479. The van der Waals surface area contributed by atoms with Crippen molar-refractivity contribution < 1.29 is 19.1 Å². The second-order valence-corrected chi connectivity index (χ2v) is 5.52. The number of piperazine rings is 1. The summed E-state index contributed by atoms with van der Waals surface area (Å²) in [7, 11) is 3.00. The van der Waals surface area contributed by atoms with Crippen LogP contribution in [0.25, 0.3) is 0 Å². The summed E-state index contributed by atoms with van der Waals surface area (Å²) >= 11 is 6.05. The van der Waals surface area contributed by atoms with E-state index in [9.17, 15) is 9.59 Å². The zero-order chi connectivity index (χ0) is 17.0. The summed E-state index contributed by atoms with van der Waals surface area (Å²) in [5, 5.41) is 3.20. The molecule has 1 aliphatic heterocycles. The number of urea groups is 1. The second-order valence-electron chi connectivity index (χ2n) is 5.11. The van der Waals surface area contributed by atoms with Gasteiger partial charge >= 0.3 is 6.03 Å². The molecule has 2 rings (SSSR count). The van der Waals surface area contributed by atoms with Crippen molar-refractivity contribution in [1.29, 1.82) is 0 Å². The molecule has 1 fully saturated rings. The highest BCUT2D eigenvalue weighted by Gasteiger charge is 2.23. The molecule has 0 aromatic heterocycles. The summed E-state index contributed by atoms with van der Waals surface area (Å²) in [6.07, 6.45) is 0. The van der Waals surface area contributed by atoms with Gasteiger partial charge in [-0.05, 0) is 0 Å². The van der Waals surface area contributed by atoms with E-state index in [4.69, 9.17) is 21.1 Å². The van der Waals surface area contributed by atoms with Crippen LogP contribution in [0.2, 0.25) is 5.02 Å². The third-order valence-electron chi connectivity index (χ3n) is 3.73. The molecule has 8 heteroatoms. The highest BCUT2D eigenvalue weighted by Crippen LogP contribution is 2.36. The molecule has 0 atom stereocenters. The zero-order valence-electron chi connectivity index (χ0n) is 13.4. The number of nitrogens with zero attached hydrogens (tertiary/aromatic N) is 2. The van der Waals surface area contributed by atoms with Crippen LogP contribution in [0.5, 0.6) is 11.5 Å². The number of amides is 3. The second kappa shape index (κ2) is 7.41. The van der Waals surface area contributed by atoms with Gasteiger partial charge in [0.2, 0.25) is 5.91 Å². The monoisotopic (exact) mass is 341 g/mol. The Morgan fingerprint density at radius 2 is 1.61 bits per heavy atom. The van der Waals surface area contributed by atoms with Crippen LogP contribution in [-0.2, 0) is 4.79 Å². The van der Waals surface area contributed by atoms with Gasteiger partial charge in [0, 0.05) is 45.2 Å². The first kappa shape index (κ1) is 17.2. The number of hydrogen-bond acceptors (Lipinski definition) is 4. The van der Waals surface area contributed by atoms with Gasteiger partial charge in [0.25, 0.3) is 0 Å². The lowest BCUT2D eigenvalue weighted by molar-refractivity contribution is -0.130. The molecule has 1 aromatic carbocycles. The minimum absolute atomic E-state index is 0.0224. The number of nitrogens with one attached hydrogen (secondary N) is 1. The Morgan fingerprint density at radius 1 is 1.04 bits per heavy atom. The maximum Gasteiger partial charge on any atom is 0.322 e. The van der Waals surface area contributed by atoms with Crippen LogP contribution in [0.3, 0.4) is 0 Å². The molecule has 23 heavy (non-hydrogen) atoms. The quantitative estimate of drug-likeness (QED) is 0.913. The number of methoxy groups -OCH3 is 2. The van der Waals surface area contributed by atoms with Gasteiger partial charge < -0.3 is 24.6 Å². The van der Waals surface area contributed by atoms with Gasteiger partial charge in [-0.1, -0.05) is 11.6 Å². The van der Waals surface area contributed by atoms with E-state index >= 15 is 0 Å². The molecule has 0 spiro atoms. The standard InChI is InChI=1S/C15H20ClN3O4/c1-10(20)18-4-6-19(7-5-18)15(21)17-12-9-13(22-2)11(16)8-14(12)23-3/h8-9H,4-7H2,1-3H3,(H,17,21). The fraction of sp³-hybridized carbons (Fsp3) is 0.467. The molecule has 0 aliphatic carbocycles. The Labute approximate surface area is 140 Å². The first-order valence-corrected chi connectivity index (χ1v) is 7.57. The van der Waals surface area contributed by atoms with Crippen LogP contribution < -0.4 is 14.8 Å². The molecule has 1 heterocycles. The van der Waals surface area contributed by atoms with Crippen molar-refractivity contribution in [2.24, 2.45) is 0 Å². The molecule has 0 saturated carbocycles. The van der Waals surface area contributed by atoms with Crippen molar-refractivity contribution >= 4 is 29.2 Å². The molecule has 1 aromatic rings. The summed E-state index contributed by atoms with van der Waals surface area (Å²) in [4.78, 5) is 27.1. The Kier molecular flexibility index (Phi) is 5.54. The third-order valence-corrected chi connectivity index (χ3v) is 4.02. The van der Waals surface area contributed by atoms with E-state index in [2.05, 4.69) is 5.32 Å². The minimum Gasteiger partial charge on any atom is -0.495 e. The van der Waals surface area contributed by atoms with E-state index < -0.39 is 0 Å². The van der Waals surface area contributed by atoms with Gasteiger partial charge in [0.15, 0.2) is 0 Å². The van der Waals surface area contributed by atoms with Crippen molar-refractivity contribution in [3.8, 4) is 11.5 Å². The largest absolute Gasteiger partial charge is 0.495 e. The van der Waals surface area contributed by atoms with E-state index in [1.807, 2.05) is 0 Å². The fourth-order valence-electron chi connectivity index (χ4n) is 2.38. The lowest BCUT2D eigenvalue weighted by atomic mass is 10.2. The molecule has 0 unspecified atom stereocenters. The minimum atomic E-state index is -0.254. The van der Waals surface area contributed by atoms with E-state index in [1.165, 1.54) is 21.1 Å². The van der Waals surface area contributed by atoms with E-state index in [0.717, 1.165) is 0 Å². The first-order chi connectivity index (χ1) is 11.0. The van der Waals surface area contributed by atoms with E-state index in [-0.39, 0.29) is 11.9 Å². The Morgan fingerprint density at radius 3 is 2.13 bits per heavy atom. The average Bonchev–Trinajstić information content (AvgIpc) is 2.55. The van der Waals surface area contributed by atoms with E-state index in [1.54, 1.807) is 21.9 Å². The number of halogens is 1. The van der Waals surface area contributed by atoms with Crippen LogP contribution in [0.15, 0.2) is 12.1 Å². The number of carbonyl (C=O) groups is 2. The SMILES string of the molecule is COc1cc(NC(=O)N2CCN(C(C)=O)CC2)c(OC)cc1Cl. The number of carbonyl (C=O) groups excluding carboxylic acids is 2. The smallest absolute Gasteiger partial charge is 0.322 e.